The molecule has 1 aromatic carbocycles. The van der Waals surface area contributed by atoms with Gasteiger partial charge in [-0.15, -0.1) is 11.3 Å². The number of nitrogens with one attached hydrogen (secondary N) is 2. The molecule has 3 aromatic heterocycles. The first-order valence-corrected chi connectivity index (χ1v) is 15.1. The molecule has 2 amide bonds. The fourth-order valence-corrected chi connectivity index (χ4v) is 6.65. The Labute approximate surface area is 245 Å². The largest absolute Gasteiger partial charge is 0.341 e. The second kappa shape index (κ2) is 11.9. The Morgan fingerprint density at radius 3 is 2.71 bits per heavy atom. The van der Waals surface area contributed by atoms with Crippen LogP contribution in [0, 0.1) is 5.92 Å². The van der Waals surface area contributed by atoms with Crippen molar-refractivity contribution in [2.45, 2.75) is 26.3 Å². The molecular weight excluding hydrogens is 557 g/mol. The lowest BCUT2D eigenvalue weighted by molar-refractivity contribution is -0.115. The average Bonchev–Trinajstić information content (AvgIpc) is 3.59. The summed E-state index contributed by atoms with van der Waals surface area (Å²) in [5, 5.41) is 6.65. The molecule has 41 heavy (non-hydrogen) atoms. The molecule has 5 heterocycles. The molecule has 9 nitrogen and oxygen atoms in total. The first-order chi connectivity index (χ1) is 19.9. The summed E-state index contributed by atoms with van der Waals surface area (Å²) < 4.78 is 0. The van der Waals surface area contributed by atoms with Crippen molar-refractivity contribution >= 4 is 63.0 Å². The Hall–Kier alpha value is -3.93. The van der Waals surface area contributed by atoms with Gasteiger partial charge in [-0.1, -0.05) is 18.2 Å². The highest BCUT2D eigenvalue weighted by Crippen LogP contribution is 2.32. The number of piperidine rings is 1. The van der Waals surface area contributed by atoms with Crippen LogP contribution in [0.3, 0.4) is 0 Å². The molecule has 2 saturated heterocycles. The molecule has 0 bridgehead atoms. The number of para-hydroxylation sites is 1. The minimum absolute atomic E-state index is 0.0684. The molecule has 0 unspecified atom stereocenters. The number of Topliss-reactive ketones (excluding diaryl/α,β-unsaturated/α-hetero) is 1. The fourth-order valence-electron chi connectivity index (χ4n) is 5.06. The zero-order valence-electron chi connectivity index (χ0n) is 22.4. The van der Waals surface area contributed by atoms with Gasteiger partial charge in [-0.3, -0.25) is 19.7 Å². The molecule has 2 aliphatic rings. The molecule has 0 radical (unpaired) electrons. The van der Waals surface area contributed by atoms with Gasteiger partial charge >= 0.3 is 0 Å². The molecule has 11 heteroatoms. The van der Waals surface area contributed by atoms with Crippen LogP contribution in [-0.4, -0.2) is 51.5 Å². The number of amides is 2. The van der Waals surface area contributed by atoms with E-state index in [9.17, 15) is 14.4 Å². The van der Waals surface area contributed by atoms with E-state index in [2.05, 4.69) is 37.6 Å². The van der Waals surface area contributed by atoms with E-state index in [0.717, 1.165) is 76.2 Å². The number of anilines is 1. The van der Waals surface area contributed by atoms with Crippen LogP contribution in [0.2, 0.25) is 0 Å². The second-order valence-electron chi connectivity index (χ2n) is 10.1. The molecule has 2 N–H and O–H groups in total. The number of rotatable bonds is 8. The van der Waals surface area contributed by atoms with Crippen molar-refractivity contribution in [1.29, 1.82) is 0 Å². The van der Waals surface area contributed by atoms with Crippen molar-refractivity contribution in [3.8, 4) is 10.6 Å². The Morgan fingerprint density at radius 2 is 1.95 bits per heavy atom. The number of fused-ring (bicyclic) bond motifs is 1. The van der Waals surface area contributed by atoms with Gasteiger partial charge in [0.1, 0.15) is 0 Å². The van der Waals surface area contributed by atoms with E-state index in [1.165, 1.54) is 11.3 Å². The minimum Gasteiger partial charge on any atom is -0.341 e. The number of hydrogen-bond donors (Lipinski definition) is 2. The van der Waals surface area contributed by atoms with Crippen LogP contribution < -0.4 is 15.5 Å². The number of nitrogens with zero attached hydrogens (tertiary/aromatic N) is 4. The van der Waals surface area contributed by atoms with E-state index in [1.807, 2.05) is 30.3 Å². The van der Waals surface area contributed by atoms with Gasteiger partial charge in [0.2, 0.25) is 5.95 Å². The third kappa shape index (κ3) is 6.22. The van der Waals surface area contributed by atoms with Crippen LogP contribution in [0.15, 0.2) is 59.6 Å². The Bertz CT molecular complexity index is 1680. The smallest absolute Gasteiger partial charge is 0.290 e. The topological polar surface area (TPSA) is 117 Å². The lowest BCUT2D eigenvalue weighted by Gasteiger charge is -2.32. The highest BCUT2D eigenvalue weighted by Gasteiger charge is 2.26. The molecule has 2 fully saturated rings. The lowest BCUT2D eigenvalue weighted by Crippen LogP contribution is -2.38. The maximum Gasteiger partial charge on any atom is 0.290 e. The summed E-state index contributed by atoms with van der Waals surface area (Å²) in [6, 6.07) is 15.9. The summed E-state index contributed by atoms with van der Waals surface area (Å²) in [6.45, 7) is 4.85. The zero-order valence-corrected chi connectivity index (χ0v) is 24.1. The first kappa shape index (κ1) is 27.3. The van der Waals surface area contributed by atoms with Gasteiger partial charge in [-0.05, 0) is 86.0 Å². The molecule has 208 valence electrons. The minimum atomic E-state index is -0.392. The summed E-state index contributed by atoms with van der Waals surface area (Å²) in [6.07, 6.45) is 5.32. The summed E-state index contributed by atoms with van der Waals surface area (Å²) in [7, 11) is 0. The van der Waals surface area contributed by atoms with E-state index < -0.39 is 5.91 Å². The van der Waals surface area contributed by atoms with Gasteiger partial charge in [-0.2, -0.15) is 0 Å². The summed E-state index contributed by atoms with van der Waals surface area (Å²) in [5.41, 5.74) is 3.59. The second-order valence-corrected chi connectivity index (χ2v) is 12.2. The van der Waals surface area contributed by atoms with E-state index >= 15 is 0 Å². The number of imide groups is 1. The quantitative estimate of drug-likeness (QED) is 0.211. The van der Waals surface area contributed by atoms with Gasteiger partial charge in [0.25, 0.3) is 11.1 Å². The number of ketones is 1. The Kier molecular flexibility index (Phi) is 7.91. The number of carbonyl (C=O) groups is 3. The van der Waals surface area contributed by atoms with Crippen molar-refractivity contribution in [1.82, 2.24) is 25.6 Å². The van der Waals surface area contributed by atoms with Crippen LogP contribution in [0.1, 0.15) is 40.7 Å². The molecule has 0 spiro atoms. The standard InChI is InChI=1S/C30H28N6O3S2/c1-18(37)24-6-7-25(40-24)27-21(14-20-4-2-3-5-23(20)34-27)17-31-16-19-9-12-36(13-10-19)29-32-11-8-22(33-29)15-26-28(38)35-30(39)41-26/h2-8,11,14-15,19,31H,9-10,12-13,16-17H2,1H3,(H,35,38,39)/b26-15+. The predicted octanol–water partition coefficient (Wildman–Crippen LogP) is 5.29. The fraction of sp³-hybridized carbons (Fsp3) is 0.267. The van der Waals surface area contributed by atoms with Crippen molar-refractivity contribution in [3.63, 3.8) is 0 Å². The number of hydrogen-bond acceptors (Lipinski definition) is 10. The molecule has 2 aliphatic heterocycles. The number of thiophene rings is 1. The van der Waals surface area contributed by atoms with Gasteiger partial charge < -0.3 is 10.2 Å². The van der Waals surface area contributed by atoms with E-state index in [1.54, 1.807) is 25.3 Å². The molecular formula is C30H28N6O3S2. The summed E-state index contributed by atoms with van der Waals surface area (Å²) in [5.74, 6) is 0.826. The monoisotopic (exact) mass is 584 g/mol. The van der Waals surface area contributed by atoms with E-state index in [4.69, 9.17) is 4.98 Å². The predicted molar refractivity (Wildman–Crippen MR) is 163 cm³/mol. The SMILES string of the molecule is CC(=O)c1ccc(-c2nc3ccccc3cc2CNCC2CCN(c3nccc(/C=C4/SC(=O)NC4=O)n3)CC2)s1. The molecule has 0 saturated carbocycles. The maximum absolute atomic E-state index is 11.9. The number of pyridine rings is 1. The number of benzene rings is 1. The molecule has 0 aliphatic carbocycles. The Balaban J connectivity index is 1.08. The molecule has 6 rings (SSSR count). The third-order valence-corrected chi connectivity index (χ3v) is 9.22. The third-order valence-electron chi connectivity index (χ3n) is 7.22. The van der Waals surface area contributed by atoms with Gasteiger partial charge in [0.05, 0.1) is 31.6 Å². The highest BCUT2D eigenvalue weighted by atomic mass is 32.2. The van der Waals surface area contributed by atoms with Crippen molar-refractivity contribution in [2.75, 3.05) is 24.5 Å². The van der Waals surface area contributed by atoms with Crippen LogP contribution in [0.4, 0.5) is 10.7 Å². The highest BCUT2D eigenvalue weighted by molar-refractivity contribution is 8.18. The zero-order chi connectivity index (χ0) is 28.3. The van der Waals surface area contributed by atoms with Gasteiger partial charge in [0.15, 0.2) is 5.78 Å². The number of carbonyl (C=O) groups excluding carboxylic acids is 3. The number of thioether (sulfide) groups is 1. The van der Waals surface area contributed by atoms with E-state index in [-0.39, 0.29) is 11.0 Å². The van der Waals surface area contributed by atoms with Gasteiger partial charge in [0, 0.05) is 31.2 Å². The van der Waals surface area contributed by atoms with Crippen molar-refractivity contribution < 1.29 is 14.4 Å². The van der Waals surface area contributed by atoms with Crippen LogP contribution >= 0.6 is 23.1 Å². The normalized spacial score (nSPS) is 17.0. The summed E-state index contributed by atoms with van der Waals surface area (Å²) in [4.78, 5) is 53.5. The van der Waals surface area contributed by atoms with Gasteiger partial charge in [-0.25, -0.2) is 15.0 Å². The maximum atomic E-state index is 11.9. The van der Waals surface area contributed by atoms with Crippen LogP contribution in [-0.2, 0) is 11.3 Å². The lowest BCUT2D eigenvalue weighted by atomic mass is 9.97. The average molecular weight is 585 g/mol. The van der Waals surface area contributed by atoms with Crippen molar-refractivity contribution in [2.24, 2.45) is 5.92 Å². The van der Waals surface area contributed by atoms with Crippen molar-refractivity contribution in [3.05, 3.63) is 75.8 Å². The number of aromatic nitrogens is 3. The first-order valence-electron chi connectivity index (χ1n) is 13.5. The van der Waals surface area contributed by atoms with Crippen LogP contribution in [0.25, 0.3) is 27.6 Å². The molecule has 0 atom stereocenters. The molecule has 4 aromatic rings. The summed E-state index contributed by atoms with van der Waals surface area (Å²) >= 11 is 2.37. The van der Waals surface area contributed by atoms with Crippen LogP contribution in [0.5, 0.6) is 0 Å². The Morgan fingerprint density at radius 1 is 1.12 bits per heavy atom. The van der Waals surface area contributed by atoms with E-state index in [0.29, 0.717) is 29.0 Å².